The monoisotopic (exact) mass is 308 g/mol. The molecule has 0 unspecified atom stereocenters. The minimum Gasteiger partial charge on any atom is -0.373 e. The topological polar surface area (TPSA) is 27.7 Å². The Morgan fingerprint density at radius 3 is 2.68 bits per heavy atom. The maximum Gasteiger partial charge on any atom is 0.161 e. The molecule has 0 bridgehead atoms. The van der Waals surface area contributed by atoms with E-state index in [4.69, 9.17) is 37.4 Å². The van der Waals surface area contributed by atoms with Gasteiger partial charge >= 0.3 is 0 Å². The van der Waals surface area contributed by atoms with Crippen molar-refractivity contribution in [2.45, 2.75) is 38.3 Å². The average Bonchev–Trinajstić information content (AvgIpc) is 2.89. The van der Waals surface area contributed by atoms with Crippen molar-refractivity contribution >= 4 is 23.2 Å². The molecule has 5 heteroatoms. The standard InChI is InChI=1S/C14H22Cl2O3/c1-10-4-2-3-5-13(10)14-18-9-12(19-14)8-17-11(6-15)7-16/h2-3,10-14H,4-9H2,1H3/t10-,12+,13+,14+/m1/s1. The van der Waals surface area contributed by atoms with E-state index in [0.717, 1.165) is 12.8 Å². The maximum absolute atomic E-state index is 5.94. The number of hydrogen-bond acceptors (Lipinski definition) is 3. The van der Waals surface area contributed by atoms with Gasteiger partial charge in [-0.25, -0.2) is 0 Å². The number of allylic oxidation sites excluding steroid dienone is 2. The van der Waals surface area contributed by atoms with Crippen molar-refractivity contribution in [3.63, 3.8) is 0 Å². The number of hydrogen-bond donors (Lipinski definition) is 0. The highest BCUT2D eigenvalue weighted by atomic mass is 35.5. The lowest BCUT2D eigenvalue weighted by atomic mass is 9.84. The third kappa shape index (κ3) is 4.33. The molecule has 4 atom stereocenters. The van der Waals surface area contributed by atoms with Crippen LogP contribution in [0.4, 0.5) is 0 Å². The normalized spacial score (nSPS) is 35.2. The van der Waals surface area contributed by atoms with Crippen LogP contribution in [0.5, 0.6) is 0 Å². The molecule has 19 heavy (non-hydrogen) atoms. The smallest absolute Gasteiger partial charge is 0.161 e. The zero-order valence-corrected chi connectivity index (χ0v) is 12.8. The average molecular weight is 309 g/mol. The fourth-order valence-electron chi connectivity index (χ4n) is 2.51. The van der Waals surface area contributed by atoms with Gasteiger partial charge in [-0.3, -0.25) is 0 Å². The first-order valence-electron chi connectivity index (χ1n) is 6.90. The number of ether oxygens (including phenoxy) is 3. The Bertz CT molecular complexity index is 294. The summed E-state index contributed by atoms with van der Waals surface area (Å²) in [6.45, 7) is 3.34. The van der Waals surface area contributed by atoms with E-state index in [9.17, 15) is 0 Å². The van der Waals surface area contributed by atoms with Crippen molar-refractivity contribution in [2.24, 2.45) is 11.8 Å². The Labute approximate surface area is 125 Å². The van der Waals surface area contributed by atoms with Gasteiger partial charge in [-0.2, -0.15) is 0 Å². The Kier molecular flexibility index (Phi) is 6.43. The maximum atomic E-state index is 5.94. The highest BCUT2D eigenvalue weighted by Gasteiger charge is 2.35. The van der Waals surface area contributed by atoms with Crippen LogP contribution < -0.4 is 0 Å². The van der Waals surface area contributed by atoms with Crippen LogP contribution in [0.3, 0.4) is 0 Å². The van der Waals surface area contributed by atoms with Crippen molar-refractivity contribution in [1.29, 1.82) is 0 Å². The molecule has 1 aliphatic heterocycles. The molecule has 1 saturated heterocycles. The molecule has 0 saturated carbocycles. The highest BCUT2D eigenvalue weighted by Crippen LogP contribution is 2.33. The Morgan fingerprint density at radius 1 is 1.26 bits per heavy atom. The van der Waals surface area contributed by atoms with E-state index < -0.39 is 0 Å². The van der Waals surface area contributed by atoms with E-state index in [0.29, 0.717) is 36.8 Å². The van der Waals surface area contributed by atoms with Gasteiger partial charge in [0.2, 0.25) is 0 Å². The second kappa shape index (κ2) is 7.84. The molecule has 1 heterocycles. The van der Waals surface area contributed by atoms with Crippen molar-refractivity contribution < 1.29 is 14.2 Å². The number of halogens is 2. The van der Waals surface area contributed by atoms with Crippen LogP contribution in [0.25, 0.3) is 0 Å². The molecular formula is C14H22Cl2O3. The summed E-state index contributed by atoms with van der Waals surface area (Å²) >= 11 is 11.5. The molecule has 0 aromatic carbocycles. The lowest BCUT2D eigenvalue weighted by Gasteiger charge is -2.29. The molecule has 3 nitrogen and oxygen atoms in total. The van der Waals surface area contributed by atoms with E-state index in [1.807, 2.05) is 0 Å². The summed E-state index contributed by atoms with van der Waals surface area (Å²) in [5.74, 6) is 1.87. The summed E-state index contributed by atoms with van der Waals surface area (Å²) in [7, 11) is 0. The van der Waals surface area contributed by atoms with Crippen molar-refractivity contribution in [3.8, 4) is 0 Å². The van der Waals surface area contributed by atoms with Gasteiger partial charge < -0.3 is 14.2 Å². The van der Waals surface area contributed by atoms with E-state index in [1.54, 1.807) is 0 Å². The minimum atomic E-state index is -0.109. The van der Waals surface area contributed by atoms with Crippen LogP contribution in [0.1, 0.15) is 19.8 Å². The van der Waals surface area contributed by atoms with Crippen LogP contribution in [-0.4, -0.2) is 43.5 Å². The Hall–Kier alpha value is 0.200. The fraction of sp³-hybridized carbons (Fsp3) is 0.857. The molecule has 2 rings (SSSR count). The van der Waals surface area contributed by atoms with Gasteiger partial charge in [0.05, 0.1) is 19.3 Å². The molecule has 2 aliphatic rings. The van der Waals surface area contributed by atoms with Gasteiger partial charge in [0.25, 0.3) is 0 Å². The number of alkyl halides is 2. The third-order valence-electron chi connectivity index (χ3n) is 3.80. The molecule has 0 amide bonds. The molecule has 0 spiro atoms. The van der Waals surface area contributed by atoms with Crippen LogP contribution in [0.2, 0.25) is 0 Å². The highest BCUT2D eigenvalue weighted by molar-refractivity contribution is 6.21. The van der Waals surface area contributed by atoms with E-state index in [1.165, 1.54) is 0 Å². The molecule has 1 aliphatic carbocycles. The summed E-state index contributed by atoms with van der Waals surface area (Å²) in [4.78, 5) is 0. The predicted molar refractivity (Wildman–Crippen MR) is 76.8 cm³/mol. The summed E-state index contributed by atoms with van der Waals surface area (Å²) < 4.78 is 17.3. The van der Waals surface area contributed by atoms with E-state index in [-0.39, 0.29) is 18.5 Å². The molecule has 0 aromatic rings. The van der Waals surface area contributed by atoms with Gasteiger partial charge in [0, 0.05) is 17.7 Å². The van der Waals surface area contributed by atoms with Gasteiger partial charge in [-0.05, 0) is 18.8 Å². The lowest BCUT2D eigenvalue weighted by molar-refractivity contribution is -0.119. The third-order valence-corrected chi connectivity index (χ3v) is 4.49. The molecule has 110 valence electrons. The lowest BCUT2D eigenvalue weighted by Crippen LogP contribution is -2.30. The van der Waals surface area contributed by atoms with Crippen LogP contribution >= 0.6 is 23.2 Å². The second-order valence-electron chi connectivity index (χ2n) is 5.31. The quantitative estimate of drug-likeness (QED) is 0.557. The van der Waals surface area contributed by atoms with Gasteiger partial charge in [0.1, 0.15) is 6.10 Å². The van der Waals surface area contributed by atoms with Crippen LogP contribution in [0.15, 0.2) is 12.2 Å². The van der Waals surface area contributed by atoms with Crippen LogP contribution in [-0.2, 0) is 14.2 Å². The zero-order chi connectivity index (χ0) is 13.7. The first-order valence-corrected chi connectivity index (χ1v) is 7.97. The SMILES string of the molecule is C[C@@H]1CC=CC[C@@H]1[C@H]1OC[C@H](COC(CCl)CCl)O1. The van der Waals surface area contributed by atoms with Crippen LogP contribution in [0, 0.1) is 11.8 Å². The van der Waals surface area contributed by atoms with E-state index >= 15 is 0 Å². The molecule has 0 N–H and O–H groups in total. The summed E-state index contributed by atoms with van der Waals surface area (Å²) in [6, 6.07) is 0. The molecular weight excluding hydrogens is 287 g/mol. The van der Waals surface area contributed by atoms with Crippen molar-refractivity contribution in [1.82, 2.24) is 0 Å². The van der Waals surface area contributed by atoms with Gasteiger partial charge in [0.15, 0.2) is 6.29 Å². The first kappa shape index (κ1) is 15.6. The van der Waals surface area contributed by atoms with Crippen molar-refractivity contribution in [3.05, 3.63) is 12.2 Å². The Morgan fingerprint density at radius 2 is 2.00 bits per heavy atom. The van der Waals surface area contributed by atoms with Crippen molar-refractivity contribution in [2.75, 3.05) is 25.0 Å². The molecule has 0 aromatic heterocycles. The molecule has 0 radical (unpaired) electrons. The summed E-state index contributed by atoms with van der Waals surface area (Å²) in [5.41, 5.74) is 0. The summed E-state index contributed by atoms with van der Waals surface area (Å²) in [6.07, 6.45) is 6.39. The largest absolute Gasteiger partial charge is 0.373 e. The summed E-state index contributed by atoms with van der Waals surface area (Å²) in [5, 5.41) is 0. The fourth-order valence-corrected chi connectivity index (χ4v) is 3.01. The molecule has 1 fully saturated rings. The van der Waals surface area contributed by atoms with Gasteiger partial charge in [-0.1, -0.05) is 19.1 Å². The van der Waals surface area contributed by atoms with E-state index in [2.05, 4.69) is 19.1 Å². The Balaban J connectivity index is 1.75. The van der Waals surface area contributed by atoms with Gasteiger partial charge in [-0.15, -0.1) is 23.2 Å². The second-order valence-corrected chi connectivity index (χ2v) is 5.92. The zero-order valence-electron chi connectivity index (χ0n) is 11.3. The minimum absolute atomic E-state index is 0.00274. The first-order chi connectivity index (χ1) is 9.24. The number of rotatable bonds is 6. The predicted octanol–water partition coefficient (Wildman–Crippen LogP) is 3.19.